The SMILES string of the molecule is CC(=O)CC(=O)CC1CCCC1c1ccc(-c2ccccc2)cc1. The second kappa shape index (κ2) is 7.57. The molecule has 24 heavy (non-hydrogen) atoms. The van der Waals surface area contributed by atoms with Gasteiger partial charge in [0.15, 0.2) is 0 Å². The summed E-state index contributed by atoms with van der Waals surface area (Å²) in [5.74, 6) is 0.909. The molecule has 3 rings (SSSR count). The van der Waals surface area contributed by atoms with E-state index in [1.54, 1.807) is 0 Å². The first-order valence-corrected chi connectivity index (χ1v) is 8.80. The number of benzene rings is 2. The summed E-state index contributed by atoms with van der Waals surface area (Å²) in [6.45, 7) is 1.49. The number of hydrogen-bond acceptors (Lipinski definition) is 2. The Morgan fingerprint density at radius 3 is 2.25 bits per heavy atom. The Hall–Kier alpha value is -2.22. The van der Waals surface area contributed by atoms with Crippen molar-refractivity contribution in [2.45, 2.75) is 44.9 Å². The third kappa shape index (κ3) is 4.00. The Morgan fingerprint density at radius 2 is 1.58 bits per heavy atom. The zero-order chi connectivity index (χ0) is 16.9. The monoisotopic (exact) mass is 320 g/mol. The lowest BCUT2D eigenvalue weighted by molar-refractivity contribution is -0.126. The van der Waals surface area contributed by atoms with Crippen LogP contribution in [-0.2, 0) is 9.59 Å². The Morgan fingerprint density at radius 1 is 0.917 bits per heavy atom. The molecule has 1 aliphatic carbocycles. The van der Waals surface area contributed by atoms with Gasteiger partial charge in [-0.25, -0.2) is 0 Å². The van der Waals surface area contributed by atoms with Crippen LogP contribution in [0.4, 0.5) is 0 Å². The molecule has 0 saturated heterocycles. The highest BCUT2D eigenvalue weighted by molar-refractivity contribution is 5.98. The zero-order valence-corrected chi connectivity index (χ0v) is 14.2. The van der Waals surface area contributed by atoms with Gasteiger partial charge in [0.25, 0.3) is 0 Å². The molecule has 0 aliphatic heterocycles. The van der Waals surface area contributed by atoms with Gasteiger partial charge in [-0.3, -0.25) is 9.59 Å². The molecule has 2 heteroatoms. The van der Waals surface area contributed by atoms with E-state index in [0.717, 1.165) is 12.8 Å². The van der Waals surface area contributed by atoms with Crippen LogP contribution >= 0.6 is 0 Å². The van der Waals surface area contributed by atoms with Crippen molar-refractivity contribution in [3.63, 3.8) is 0 Å². The van der Waals surface area contributed by atoms with E-state index in [4.69, 9.17) is 0 Å². The molecule has 1 aliphatic rings. The van der Waals surface area contributed by atoms with Crippen molar-refractivity contribution in [1.82, 2.24) is 0 Å². The van der Waals surface area contributed by atoms with Crippen molar-refractivity contribution in [3.8, 4) is 11.1 Å². The van der Waals surface area contributed by atoms with Gasteiger partial charge in [0.1, 0.15) is 11.6 Å². The van der Waals surface area contributed by atoms with E-state index in [-0.39, 0.29) is 18.0 Å². The lowest BCUT2D eigenvalue weighted by atomic mass is 9.84. The molecule has 0 spiro atoms. The van der Waals surface area contributed by atoms with Gasteiger partial charge in [-0.05, 0) is 48.3 Å². The number of Topliss-reactive ketones (excluding diaryl/α,β-unsaturated/α-hetero) is 2. The van der Waals surface area contributed by atoms with Gasteiger partial charge in [0, 0.05) is 6.42 Å². The van der Waals surface area contributed by atoms with Crippen molar-refractivity contribution < 1.29 is 9.59 Å². The fraction of sp³-hybridized carbons (Fsp3) is 0.364. The molecule has 124 valence electrons. The highest BCUT2D eigenvalue weighted by atomic mass is 16.1. The van der Waals surface area contributed by atoms with E-state index in [2.05, 4.69) is 48.5 Å². The third-order valence-corrected chi connectivity index (χ3v) is 5.04. The quantitative estimate of drug-likeness (QED) is 0.688. The van der Waals surface area contributed by atoms with Crippen LogP contribution in [0.2, 0.25) is 0 Å². The van der Waals surface area contributed by atoms with E-state index in [0.29, 0.717) is 18.3 Å². The second-order valence-electron chi connectivity index (χ2n) is 6.91. The van der Waals surface area contributed by atoms with Crippen molar-refractivity contribution in [2.24, 2.45) is 5.92 Å². The first-order valence-electron chi connectivity index (χ1n) is 8.80. The van der Waals surface area contributed by atoms with E-state index >= 15 is 0 Å². The summed E-state index contributed by atoms with van der Waals surface area (Å²) in [7, 11) is 0. The summed E-state index contributed by atoms with van der Waals surface area (Å²) >= 11 is 0. The van der Waals surface area contributed by atoms with Crippen LogP contribution in [0.25, 0.3) is 11.1 Å². The summed E-state index contributed by atoms with van der Waals surface area (Å²) in [5.41, 5.74) is 3.78. The van der Waals surface area contributed by atoms with Gasteiger partial charge >= 0.3 is 0 Å². The molecule has 0 bridgehead atoms. The summed E-state index contributed by atoms with van der Waals surface area (Å²) in [4.78, 5) is 23.1. The molecular weight excluding hydrogens is 296 g/mol. The number of rotatable bonds is 6. The lowest BCUT2D eigenvalue weighted by Crippen LogP contribution is -2.14. The molecular formula is C22H24O2. The van der Waals surface area contributed by atoms with E-state index in [9.17, 15) is 9.59 Å². The number of ketones is 2. The van der Waals surface area contributed by atoms with Gasteiger partial charge in [-0.2, -0.15) is 0 Å². The van der Waals surface area contributed by atoms with Crippen molar-refractivity contribution in [2.75, 3.05) is 0 Å². The Balaban J connectivity index is 1.71. The van der Waals surface area contributed by atoms with Gasteiger partial charge in [0.05, 0.1) is 6.42 Å². The average molecular weight is 320 g/mol. The van der Waals surface area contributed by atoms with Gasteiger partial charge in [-0.1, -0.05) is 61.0 Å². The van der Waals surface area contributed by atoms with Crippen LogP contribution in [0, 0.1) is 5.92 Å². The maximum Gasteiger partial charge on any atom is 0.140 e. The topological polar surface area (TPSA) is 34.1 Å². The minimum absolute atomic E-state index is 0.0261. The summed E-state index contributed by atoms with van der Waals surface area (Å²) in [5, 5.41) is 0. The van der Waals surface area contributed by atoms with Crippen LogP contribution in [-0.4, -0.2) is 11.6 Å². The smallest absolute Gasteiger partial charge is 0.140 e. The summed E-state index contributed by atoms with van der Waals surface area (Å²) < 4.78 is 0. The molecule has 0 heterocycles. The Labute approximate surface area is 143 Å². The summed E-state index contributed by atoms with van der Waals surface area (Å²) in [6, 6.07) is 19.1. The van der Waals surface area contributed by atoms with Gasteiger partial charge < -0.3 is 0 Å². The third-order valence-electron chi connectivity index (χ3n) is 5.04. The molecule has 2 atom stereocenters. The molecule has 2 aromatic carbocycles. The first-order chi connectivity index (χ1) is 11.6. The summed E-state index contributed by atoms with van der Waals surface area (Å²) in [6.07, 6.45) is 4.04. The van der Waals surface area contributed by atoms with Crippen LogP contribution in [0.5, 0.6) is 0 Å². The molecule has 0 aromatic heterocycles. The van der Waals surface area contributed by atoms with Crippen LogP contribution in [0.15, 0.2) is 54.6 Å². The second-order valence-corrected chi connectivity index (χ2v) is 6.91. The number of carbonyl (C=O) groups excluding carboxylic acids is 2. The Kier molecular flexibility index (Phi) is 5.24. The maximum atomic E-state index is 12.0. The standard InChI is InChI=1S/C22H24O2/c1-16(23)14-21(24)15-20-8-5-9-22(20)19-12-10-18(11-13-19)17-6-3-2-4-7-17/h2-4,6-7,10-13,20,22H,5,8-9,14-15H2,1H3. The van der Waals surface area contributed by atoms with E-state index in [1.165, 1.54) is 30.0 Å². The van der Waals surface area contributed by atoms with E-state index < -0.39 is 0 Å². The Bertz CT molecular complexity index is 701. The van der Waals surface area contributed by atoms with Crippen LogP contribution in [0.1, 0.15) is 50.5 Å². The van der Waals surface area contributed by atoms with Crippen molar-refractivity contribution in [3.05, 3.63) is 60.2 Å². The average Bonchev–Trinajstić information content (AvgIpc) is 3.03. The highest BCUT2D eigenvalue weighted by Crippen LogP contribution is 2.42. The minimum atomic E-state index is -0.0261. The molecule has 0 amide bonds. The van der Waals surface area contributed by atoms with Gasteiger partial charge in [0.2, 0.25) is 0 Å². The zero-order valence-electron chi connectivity index (χ0n) is 14.2. The largest absolute Gasteiger partial charge is 0.300 e. The van der Waals surface area contributed by atoms with Crippen molar-refractivity contribution >= 4 is 11.6 Å². The fourth-order valence-corrected chi connectivity index (χ4v) is 3.92. The number of hydrogen-bond donors (Lipinski definition) is 0. The van der Waals surface area contributed by atoms with E-state index in [1.807, 2.05) is 6.07 Å². The molecule has 0 radical (unpaired) electrons. The molecule has 0 N–H and O–H groups in total. The van der Waals surface area contributed by atoms with Crippen molar-refractivity contribution in [1.29, 1.82) is 0 Å². The molecule has 2 unspecified atom stereocenters. The van der Waals surface area contributed by atoms with Crippen LogP contribution in [0.3, 0.4) is 0 Å². The molecule has 2 aromatic rings. The maximum absolute atomic E-state index is 12.0. The molecule has 2 nitrogen and oxygen atoms in total. The fourth-order valence-electron chi connectivity index (χ4n) is 3.92. The minimum Gasteiger partial charge on any atom is -0.300 e. The van der Waals surface area contributed by atoms with Gasteiger partial charge in [-0.15, -0.1) is 0 Å². The van der Waals surface area contributed by atoms with Crippen LogP contribution < -0.4 is 0 Å². The predicted molar refractivity (Wildman–Crippen MR) is 96.9 cm³/mol. The first kappa shape index (κ1) is 16.6. The molecule has 1 saturated carbocycles. The normalized spacial score (nSPS) is 20.0. The molecule has 1 fully saturated rings. The lowest BCUT2D eigenvalue weighted by Gasteiger charge is -2.19. The number of carbonyl (C=O) groups is 2. The highest BCUT2D eigenvalue weighted by Gasteiger charge is 2.30. The predicted octanol–water partition coefficient (Wildman–Crippen LogP) is 5.18.